The van der Waals surface area contributed by atoms with Crippen LogP contribution in [-0.4, -0.2) is 22.6 Å². The molecule has 2 bridgehead atoms. The van der Waals surface area contributed by atoms with Crippen LogP contribution < -0.4 is 10.5 Å². The van der Waals surface area contributed by atoms with Gasteiger partial charge in [-0.25, -0.2) is 4.98 Å². The predicted octanol–water partition coefficient (Wildman–Crippen LogP) is 1.64. The number of nitrogens with zero attached hydrogens (tertiary/aromatic N) is 4. The van der Waals surface area contributed by atoms with Crippen LogP contribution in [0.15, 0.2) is 27.4 Å². The van der Waals surface area contributed by atoms with E-state index in [1.54, 1.807) is 13.0 Å². The van der Waals surface area contributed by atoms with Crippen molar-refractivity contribution in [1.82, 2.24) is 9.55 Å². The lowest BCUT2D eigenvalue weighted by Crippen LogP contribution is -2.47. The molecule has 2 aromatic heterocycles. The SMILES string of the molecule is Cc1nc(C#N)c(N2C[C@H]3C[C@H](C2)c2cccc(=O)n2C3)o1. The third-order valence-corrected chi connectivity index (χ3v) is 4.59. The highest BCUT2D eigenvalue weighted by Gasteiger charge is 2.36. The van der Waals surface area contributed by atoms with E-state index in [0.717, 1.165) is 31.7 Å². The molecular weight excluding hydrogens is 280 g/mol. The number of oxazole rings is 1. The van der Waals surface area contributed by atoms with E-state index in [-0.39, 0.29) is 5.56 Å². The summed E-state index contributed by atoms with van der Waals surface area (Å²) in [6, 6.07) is 7.58. The van der Waals surface area contributed by atoms with Gasteiger partial charge in [0.25, 0.3) is 5.56 Å². The first-order valence-corrected chi connectivity index (χ1v) is 7.48. The van der Waals surface area contributed by atoms with Crippen LogP contribution >= 0.6 is 0 Å². The highest BCUT2D eigenvalue weighted by Crippen LogP contribution is 2.37. The number of hydrogen-bond acceptors (Lipinski definition) is 5. The number of aromatic nitrogens is 2. The van der Waals surface area contributed by atoms with Gasteiger partial charge in [-0.1, -0.05) is 6.07 Å². The maximum atomic E-state index is 12.0. The first kappa shape index (κ1) is 13.1. The molecule has 2 aliphatic rings. The van der Waals surface area contributed by atoms with Gasteiger partial charge in [-0.3, -0.25) is 4.79 Å². The summed E-state index contributed by atoms with van der Waals surface area (Å²) in [7, 11) is 0. The van der Waals surface area contributed by atoms with E-state index in [1.165, 1.54) is 0 Å². The fourth-order valence-corrected chi connectivity index (χ4v) is 3.77. The summed E-state index contributed by atoms with van der Waals surface area (Å²) in [6.45, 7) is 4.03. The second-order valence-electron chi connectivity index (χ2n) is 6.10. The minimum absolute atomic E-state index is 0.0777. The van der Waals surface area contributed by atoms with Gasteiger partial charge in [0.2, 0.25) is 11.6 Å². The largest absolute Gasteiger partial charge is 0.424 e. The zero-order chi connectivity index (χ0) is 15.3. The number of piperidine rings is 1. The molecule has 0 aromatic carbocycles. The van der Waals surface area contributed by atoms with Crippen molar-refractivity contribution in [2.45, 2.75) is 25.8 Å². The minimum atomic E-state index is 0.0777. The highest BCUT2D eigenvalue weighted by atomic mass is 16.4. The molecule has 2 aromatic rings. The Bertz CT molecular complexity index is 829. The molecule has 1 saturated heterocycles. The molecule has 6 nitrogen and oxygen atoms in total. The van der Waals surface area contributed by atoms with Gasteiger partial charge in [0.1, 0.15) is 6.07 Å². The summed E-state index contributed by atoms with van der Waals surface area (Å²) in [5.41, 5.74) is 1.51. The Hall–Kier alpha value is -2.55. The van der Waals surface area contributed by atoms with E-state index in [2.05, 4.69) is 16.0 Å². The van der Waals surface area contributed by atoms with Crippen molar-refractivity contribution < 1.29 is 4.42 Å². The summed E-state index contributed by atoms with van der Waals surface area (Å²) in [6.07, 6.45) is 1.08. The molecule has 1 fully saturated rings. The molecule has 0 spiro atoms. The van der Waals surface area contributed by atoms with Crippen LogP contribution in [0.25, 0.3) is 0 Å². The van der Waals surface area contributed by atoms with Crippen molar-refractivity contribution in [3.05, 3.63) is 45.8 Å². The quantitative estimate of drug-likeness (QED) is 0.799. The summed E-state index contributed by atoms with van der Waals surface area (Å²) in [5.74, 6) is 1.77. The van der Waals surface area contributed by atoms with Gasteiger partial charge in [0.05, 0.1) is 0 Å². The van der Waals surface area contributed by atoms with Crippen molar-refractivity contribution in [3.63, 3.8) is 0 Å². The molecule has 2 atom stereocenters. The molecule has 0 N–H and O–H groups in total. The van der Waals surface area contributed by atoms with Crippen LogP contribution in [0.4, 0.5) is 5.88 Å². The Morgan fingerprint density at radius 1 is 1.36 bits per heavy atom. The van der Waals surface area contributed by atoms with Crippen molar-refractivity contribution >= 4 is 5.88 Å². The van der Waals surface area contributed by atoms with E-state index < -0.39 is 0 Å². The summed E-state index contributed by atoms with van der Waals surface area (Å²) < 4.78 is 7.54. The monoisotopic (exact) mass is 296 g/mol. The van der Waals surface area contributed by atoms with Gasteiger partial charge >= 0.3 is 0 Å². The average molecular weight is 296 g/mol. The minimum Gasteiger partial charge on any atom is -0.424 e. The zero-order valence-electron chi connectivity index (χ0n) is 12.3. The van der Waals surface area contributed by atoms with E-state index in [0.29, 0.717) is 29.3 Å². The molecule has 2 aliphatic heterocycles. The van der Waals surface area contributed by atoms with Gasteiger partial charge in [-0.05, 0) is 18.4 Å². The van der Waals surface area contributed by atoms with Crippen LogP contribution in [0, 0.1) is 24.2 Å². The van der Waals surface area contributed by atoms with Crippen molar-refractivity contribution in [2.24, 2.45) is 5.92 Å². The average Bonchev–Trinajstić information content (AvgIpc) is 2.89. The first-order chi connectivity index (χ1) is 10.7. The molecule has 22 heavy (non-hydrogen) atoms. The van der Waals surface area contributed by atoms with E-state index in [9.17, 15) is 10.1 Å². The number of fused-ring (bicyclic) bond motifs is 4. The number of nitriles is 1. The summed E-state index contributed by atoms with van der Waals surface area (Å²) >= 11 is 0. The van der Waals surface area contributed by atoms with Gasteiger partial charge in [-0.15, -0.1) is 0 Å². The van der Waals surface area contributed by atoms with E-state index in [1.807, 2.05) is 16.7 Å². The van der Waals surface area contributed by atoms with E-state index >= 15 is 0 Å². The van der Waals surface area contributed by atoms with Gasteiger partial charge in [-0.2, -0.15) is 5.26 Å². The molecule has 112 valence electrons. The number of anilines is 1. The summed E-state index contributed by atoms with van der Waals surface area (Å²) in [4.78, 5) is 18.3. The first-order valence-electron chi connectivity index (χ1n) is 7.48. The Morgan fingerprint density at radius 2 is 2.23 bits per heavy atom. The van der Waals surface area contributed by atoms with Crippen molar-refractivity contribution in [3.8, 4) is 6.07 Å². The van der Waals surface area contributed by atoms with Crippen LogP contribution in [-0.2, 0) is 6.54 Å². The molecular formula is C16H16N4O2. The molecule has 0 amide bonds. The van der Waals surface area contributed by atoms with Crippen molar-refractivity contribution in [1.29, 1.82) is 5.26 Å². The van der Waals surface area contributed by atoms with Crippen LogP contribution in [0.2, 0.25) is 0 Å². The molecule has 6 heteroatoms. The second-order valence-corrected chi connectivity index (χ2v) is 6.10. The predicted molar refractivity (Wildman–Crippen MR) is 79.7 cm³/mol. The van der Waals surface area contributed by atoms with Crippen LogP contribution in [0.3, 0.4) is 0 Å². The lowest BCUT2D eigenvalue weighted by molar-refractivity contribution is 0.274. The third kappa shape index (κ3) is 1.93. The zero-order valence-corrected chi connectivity index (χ0v) is 12.3. The molecule has 0 aliphatic carbocycles. The lowest BCUT2D eigenvalue weighted by Gasteiger charge is -2.42. The summed E-state index contributed by atoms with van der Waals surface area (Å²) in [5, 5.41) is 9.21. The molecule has 0 unspecified atom stereocenters. The van der Waals surface area contributed by atoms with E-state index in [4.69, 9.17) is 4.42 Å². The number of hydrogen-bond donors (Lipinski definition) is 0. The Balaban J connectivity index is 1.72. The van der Waals surface area contributed by atoms with Crippen LogP contribution in [0.5, 0.6) is 0 Å². The standard InChI is InChI=1S/C16H16N4O2/c1-10-18-13(6-17)16(22-10)19-7-11-5-12(9-19)14-3-2-4-15(21)20(14)8-11/h2-4,11-12H,5,7-9H2,1H3/t11-,12-/m1/s1. The smallest absolute Gasteiger partial charge is 0.250 e. The maximum Gasteiger partial charge on any atom is 0.250 e. The lowest BCUT2D eigenvalue weighted by atomic mass is 9.83. The van der Waals surface area contributed by atoms with Gasteiger partial charge in [0, 0.05) is 44.2 Å². The Morgan fingerprint density at radius 3 is 3.05 bits per heavy atom. The van der Waals surface area contributed by atoms with Crippen molar-refractivity contribution in [2.75, 3.05) is 18.0 Å². The normalized spacial score (nSPS) is 23.0. The Kier molecular flexibility index (Phi) is 2.83. The molecule has 4 heterocycles. The fraction of sp³-hybridized carbons (Fsp3) is 0.438. The Labute approximate surface area is 127 Å². The van der Waals surface area contributed by atoms with Gasteiger partial charge in [0.15, 0.2) is 5.89 Å². The van der Waals surface area contributed by atoms with Gasteiger partial charge < -0.3 is 13.9 Å². The molecule has 0 radical (unpaired) electrons. The third-order valence-electron chi connectivity index (χ3n) is 4.59. The second kappa shape index (κ2) is 4.73. The molecule has 0 saturated carbocycles. The fourth-order valence-electron chi connectivity index (χ4n) is 3.77. The molecule has 4 rings (SSSR count). The topological polar surface area (TPSA) is 75.1 Å². The van der Waals surface area contributed by atoms with Crippen LogP contribution in [0.1, 0.15) is 29.6 Å². The highest BCUT2D eigenvalue weighted by molar-refractivity contribution is 5.49. The number of aryl methyl sites for hydroxylation is 1. The number of pyridine rings is 1. The number of rotatable bonds is 1. The maximum absolute atomic E-state index is 12.0.